The molecule has 1 aliphatic rings. The molecule has 1 unspecified atom stereocenters. The molecule has 0 amide bonds. The van der Waals surface area contributed by atoms with Crippen LogP contribution in [-0.2, 0) is 0 Å². The van der Waals surface area contributed by atoms with Gasteiger partial charge in [0.15, 0.2) is 0 Å². The fraction of sp³-hybridized carbons (Fsp3) is 0.550. The summed E-state index contributed by atoms with van der Waals surface area (Å²) in [7, 11) is 0. The van der Waals surface area contributed by atoms with Gasteiger partial charge in [0.1, 0.15) is 5.75 Å². The molecule has 0 saturated heterocycles. The van der Waals surface area contributed by atoms with Crippen molar-refractivity contribution in [3.8, 4) is 5.75 Å². The van der Waals surface area contributed by atoms with Crippen molar-refractivity contribution in [1.29, 1.82) is 0 Å². The van der Waals surface area contributed by atoms with Crippen LogP contribution in [0, 0.1) is 12.3 Å². The van der Waals surface area contributed by atoms with Crippen molar-refractivity contribution in [2.45, 2.75) is 65.0 Å². The number of ether oxygens (including phenoxy) is 1. The number of nitrogens with two attached hydrogens (primary N) is 1. The summed E-state index contributed by atoms with van der Waals surface area (Å²) in [5, 5.41) is 1.64. The fourth-order valence-electron chi connectivity index (χ4n) is 4.04. The lowest BCUT2D eigenvalue weighted by Crippen LogP contribution is -2.43. The summed E-state index contributed by atoms with van der Waals surface area (Å²) in [6, 6.07) is 6.07. The van der Waals surface area contributed by atoms with E-state index in [1.165, 1.54) is 0 Å². The second-order valence-corrected chi connectivity index (χ2v) is 7.33. The Balaban J connectivity index is 1.77. The van der Waals surface area contributed by atoms with Crippen LogP contribution in [0.25, 0.3) is 10.8 Å². The molecular formula is C20H28N2O2. The van der Waals surface area contributed by atoms with Gasteiger partial charge in [-0.3, -0.25) is 4.79 Å². The van der Waals surface area contributed by atoms with Gasteiger partial charge in [-0.05, 0) is 80.5 Å². The third-order valence-electron chi connectivity index (χ3n) is 5.96. The Morgan fingerprint density at radius 3 is 2.71 bits per heavy atom. The first kappa shape index (κ1) is 17.0. The third-order valence-corrected chi connectivity index (χ3v) is 5.96. The van der Waals surface area contributed by atoms with Gasteiger partial charge in [0.2, 0.25) is 0 Å². The van der Waals surface area contributed by atoms with E-state index >= 15 is 0 Å². The Labute approximate surface area is 143 Å². The summed E-state index contributed by atoms with van der Waals surface area (Å²) in [5.41, 5.74) is 7.47. The van der Waals surface area contributed by atoms with E-state index in [0.29, 0.717) is 5.39 Å². The summed E-state index contributed by atoms with van der Waals surface area (Å²) >= 11 is 0. The van der Waals surface area contributed by atoms with Crippen LogP contribution in [0.1, 0.15) is 51.5 Å². The maximum atomic E-state index is 11.9. The number of aromatic amines is 1. The average molecular weight is 328 g/mol. The number of fused-ring (bicyclic) bond motifs is 1. The summed E-state index contributed by atoms with van der Waals surface area (Å²) in [4.78, 5) is 14.6. The lowest BCUT2D eigenvalue weighted by atomic mass is 9.67. The van der Waals surface area contributed by atoms with E-state index in [9.17, 15) is 4.79 Å². The van der Waals surface area contributed by atoms with E-state index in [4.69, 9.17) is 10.5 Å². The van der Waals surface area contributed by atoms with E-state index in [2.05, 4.69) is 18.8 Å². The molecule has 1 fully saturated rings. The lowest BCUT2D eigenvalue weighted by molar-refractivity contribution is 0.0615. The number of aryl methyl sites for hydroxylation is 1. The van der Waals surface area contributed by atoms with Crippen molar-refractivity contribution >= 4 is 10.8 Å². The predicted octanol–water partition coefficient (Wildman–Crippen LogP) is 3.90. The van der Waals surface area contributed by atoms with Gasteiger partial charge in [0, 0.05) is 17.6 Å². The molecule has 1 atom stereocenters. The van der Waals surface area contributed by atoms with Crippen LogP contribution in [0.5, 0.6) is 5.75 Å². The van der Waals surface area contributed by atoms with E-state index in [-0.39, 0.29) is 23.1 Å². The summed E-state index contributed by atoms with van der Waals surface area (Å²) in [6.45, 7) is 6.38. The van der Waals surface area contributed by atoms with Crippen molar-refractivity contribution in [3.63, 3.8) is 0 Å². The first-order valence-electron chi connectivity index (χ1n) is 8.99. The van der Waals surface area contributed by atoms with Gasteiger partial charge in [-0.15, -0.1) is 0 Å². The van der Waals surface area contributed by atoms with Gasteiger partial charge < -0.3 is 15.5 Å². The average Bonchev–Trinajstić information content (AvgIpc) is 2.57. The van der Waals surface area contributed by atoms with Gasteiger partial charge in [-0.1, -0.05) is 6.92 Å². The molecule has 1 heterocycles. The van der Waals surface area contributed by atoms with Crippen molar-refractivity contribution < 1.29 is 4.74 Å². The molecule has 1 aromatic heterocycles. The second kappa shape index (κ2) is 6.60. The molecule has 24 heavy (non-hydrogen) atoms. The fourth-order valence-corrected chi connectivity index (χ4v) is 4.04. The molecule has 1 saturated carbocycles. The minimum atomic E-state index is -0.0514. The molecule has 1 aliphatic carbocycles. The molecular weight excluding hydrogens is 300 g/mol. The number of aromatic nitrogens is 1. The van der Waals surface area contributed by atoms with Gasteiger partial charge in [0.25, 0.3) is 5.56 Å². The number of nitrogens with one attached hydrogen (secondary N) is 1. The second-order valence-electron chi connectivity index (χ2n) is 7.33. The van der Waals surface area contributed by atoms with Gasteiger partial charge in [-0.2, -0.15) is 0 Å². The predicted molar refractivity (Wildman–Crippen MR) is 98.6 cm³/mol. The SMILES string of the molecule is CCC1(C(C)N)CCC(Oc2cc3cc[nH]c(=O)c3cc2C)CC1. The summed E-state index contributed by atoms with van der Waals surface area (Å²) in [6.07, 6.45) is 7.39. The highest BCUT2D eigenvalue weighted by molar-refractivity contribution is 5.83. The molecule has 3 rings (SSSR count). The van der Waals surface area contributed by atoms with Crippen molar-refractivity contribution in [2.75, 3.05) is 0 Å². The zero-order valence-corrected chi connectivity index (χ0v) is 14.9. The Morgan fingerprint density at radius 1 is 1.38 bits per heavy atom. The lowest BCUT2D eigenvalue weighted by Gasteiger charge is -2.42. The first-order chi connectivity index (χ1) is 11.4. The van der Waals surface area contributed by atoms with Crippen LogP contribution < -0.4 is 16.0 Å². The Kier molecular flexibility index (Phi) is 4.68. The summed E-state index contributed by atoms with van der Waals surface area (Å²) in [5.74, 6) is 0.892. The highest BCUT2D eigenvalue weighted by Gasteiger charge is 2.37. The quantitative estimate of drug-likeness (QED) is 0.894. The van der Waals surface area contributed by atoms with Crippen LogP contribution in [0.2, 0.25) is 0 Å². The van der Waals surface area contributed by atoms with E-state index in [1.54, 1.807) is 6.20 Å². The monoisotopic (exact) mass is 328 g/mol. The summed E-state index contributed by atoms with van der Waals surface area (Å²) < 4.78 is 6.30. The molecule has 3 N–H and O–H groups in total. The molecule has 4 heteroatoms. The Hall–Kier alpha value is -1.81. The Morgan fingerprint density at radius 2 is 2.08 bits per heavy atom. The largest absolute Gasteiger partial charge is 0.490 e. The van der Waals surface area contributed by atoms with Crippen LogP contribution >= 0.6 is 0 Å². The Bertz CT molecular complexity index is 771. The maximum absolute atomic E-state index is 11.9. The zero-order chi connectivity index (χ0) is 17.3. The van der Waals surface area contributed by atoms with E-state index < -0.39 is 0 Å². The number of rotatable bonds is 4. The number of pyridine rings is 1. The smallest absolute Gasteiger partial charge is 0.255 e. The first-order valence-corrected chi connectivity index (χ1v) is 8.99. The number of hydrogen-bond acceptors (Lipinski definition) is 3. The normalized spacial score (nSPS) is 25.6. The van der Waals surface area contributed by atoms with E-state index in [0.717, 1.165) is 48.8 Å². The number of benzene rings is 1. The van der Waals surface area contributed by atoms with Crippen molar-refractivity contribution in [1.82, 2.24) is 4.98 Å². The zero-order valence-electron chi connectivity index (χ0n) is 14.9. The third kappa shape index (κ3) is 3.07. The number of hydrogen-bond donors (Lipinski definition) is 2. The maximum Gasteiger partial charge on any atom is 0.255 e. The van der Waals surface area contributed by atoms with Gasteiger partial charge in [-0.25, -0.2) is 0 Å². The van der Waals surface area contributed by atoms with Crippen molar-refractivity contribution in [2.24, 2.45) is 11.1 Å². The van der Waals surface area contributed by atoms with Gasteiger partial charge >= 0.3 is 0 Å². The highest BCUT2D eigenvalue weighted by Crippen LogP contribution is 2.42. The van der Waals surface area contributed by atoms with Gasteiger partial charge in [0.05, 0.1) is 6.10 Å². The van der Waals surface area contributed by atoms with Crippen LogP contribution in [-0.4, -0.2) is 17.1 Å². The molecule has 2 aromatic rings. The molecule has 4 nitrogen and oxygen atoms in total. The van der Waals surface area contributed by atoms with Crippen molar-refractivity contribution in [3.05, 3.63) is 40.3 Å². The molecule has 130 valence electrons. The van der Waals surface area contributed by atoms with Crippen LogP contribution in [0.15, 0.2) is 29.2 Å². The standard InChI is InChI=1S/C20H28N2O2/c1-4-20(14(3)21)8-5-16(6-9-20)24-18-12-15-7-10-22-19(23)17(15)11-13(18)2/h7,10-12,14,16H,4-6,8-9,21H2,1-3H3,(H,22,23). The molecule has 0 spiro atoms. The van der Waals surface area contributed by atoms with Crippen LogP contribution in [0.3, 0.4) is 0 Å². The topological polar surface area (TPSA) is 68.1 Å². The molecule has 0 radical (unpaired) electrons. The number of H-pyrrole nitrogens is 1. The van der Waals surface area contributed by atoms with Crippen LogP contribution in [0.4, 0.5) is 0 Å². The highest BCUT2D eigenvalue weighted by atomic mass is 16.5. The van der Waals surface area contributed by atoms with E-state index in [1.807, 2.05) is 25.1 Å². The molecule has 0 bridgehead atoms. The molecule has 1 aromatic carbocycles. The minimum Gasteiger partial charge on any atom is -0.490 e. The minimum absolute atomic E-state index is 0.0514. The molecule has 0 aliphatic heterocycles.